The monoisotopic (exact) mass is 180 g/mol. The zero-order valence-corrected chi connectivity index (χ0v) is 7.84. The zero-order valence-electron chi connectivity index (χ0n) is 7.03. The van der Waals surface area contributed by atoms with Crippen LogP contribution in [0.15, 0.2) is 36.3 Å². The van der Waals surface area contributed by atoms with Crippen LogP contribution in [0.25, 0.3) is 0 Å². The minimum absolute atomic E-state index is 0.357. The molecule has 0 saturated carbocycles. The highest BCUT2D eigenvalue weighted by atomic mass is 32.2. The Balaban J connectivity index is 2.09. The van der Waals surface area contributed by atoms with Gasteiger partial charge in [-0.1, -0.05) is 6.08 Å². The first-order valence-corrected chi connectivity index (χ1v) is 5.37. The van der Waals surface area contributed by atoms with E-state index < -0.39 is 0 Å². The Morgan fingerprint density at radius 3 is 3.42 bits per heavy atom. The van der Waals surface area contributed by atoms with Crippen LogP contribution in [0.5, 0.6) is 0 Å². The topological polar surface area (TPSA) is 15.3 Å². The summed E-state index contributed by atoms with van der Waals surface area (Å²) in [6, 6.07) is 0. The van der Waals surface area contributed by atoms with Gasteiger partial charge in [-0.3, -0.25) is 0 Å². The van der Waals surface area contributed by atoms with Gasteiger partial charge in [-0.25, -0.2) is 0 Å². The van der Waals surface area contributed by atoms with Gasteiger partial charge in [0, 0.05) is 24.4 Å². The normalized spacial score (nSPS) is 25.2. The Labute approximate surface area is 77.0 Å². The number of nitrogens with zero attached hydrogens (tertiary/aromatic N) is 1. The van der Waals surface area contributed by atoms with Crippen LogP contribution in [0, 0.1) is 0 Å². The molecule has 0 aromatic carbocycles. The molecule has 0 aromatic heterocycles. The molecule has 2 heterocycles. The second-order valence-electron chi connectivity index (χ2n) is 2.87. The molecular formula is C9H12N2S. The third kappa shape index (κ3) is 1.37. The fraction of sp³-hybridized carbons (Fsp3) is 0.333. The molecule has 0 fully saturated rings. The number of rotatable bonds is 2. The van der Waals surface area contributed by atoms with E-state index in [0.29, 0.717) is 6.17 Å². The molecule has 0 radical (unpaired) electrons. The average Bonchev–Trinajstić information content (AvgIpc) is 2.51. The molecule has 1 unspecified atom stereocenters. The Hall–Kier alpha value is -0.830. The van der Waals surface area contributed by atoms with Crippen molar-refractivity contribution >= 4 is 11.8 Å². The van der Waals surface area contributed by atoms with E-state index in [9.17, 15) is 0 Å². The fourth-order valence-electron chi connectivity index (χ4n) is 1.39. The van der Waals surface area contributed by atoms with Gasteiger partial charge in [-0.15, -0.1) is 0 Å². The molecule has 64 valence electrons. The Morgan fingerprint density at radius 2 is 2.58 bits per heavy atom. The lowest BCUT2D eigenvalue weighted by Crippen LogP contribution is -2.31. The van der Waals surface area contributed by atoms with Crippen LogP contribution in [0.2, 0.25) is 0 Å². The first-order chi connectivity index (χ1) is 5.90. The molecule has 12 heavy (non-hydrogen) atoms. The van der Waals surface area contributed by atoms with E-state index in [0.717, 1.165) is 5.75 Å². The van der Waals surface area contributed by atoms with E-state index in [-0.39, 0.29) is 0 Å². The first kappa shape index (κ1) is 7.80. The van der Waals surface area contributed by atoms with Crippen LogP contribution in [0.3, 0.4) is 0 Å². The molecular weight excluding hydrogens is 168 g/mol. The smallest absolute Gasteiger partial charge is 0.122 e. The SMILES string of the molecule is CSCC1=CN2C=CNC2C=C1. The zero-order chi connectivity index (χ0) is 8.39. The third-order valence-electron chi connectivity index (χ3n) is 1.95. The highest BCUT2D eigenvalue weighted by molar-refractivity contribution is 7.98. The van der Waals surface area contributed by atoms with Gasteiger partial charge in [0.05, 0.1) is 0 Å². The molecule has 0 saturated heterocycles. The van der Waals surface area contributed by atoms with Crippen LogP contribution < -0.4 is 5.32 Å². The maximum atomic E-state index is 3.23. The van der Waals surface area contributed by atoms with Crippen LogP contribution >= 0.6 is 11.8 Å². The summed E-state index contributed by atoms with van der Waals surface area (Å²) in [6.45, 7) is 0. The van der Waals surface area contributed by atoms with Crippen molar-refractivity contribution in [2.45, 2.75) is 6.17 Å². The summed E-state index contributed by atoms with van der Waals surface area (Å²) in [7, 11) is 0. The maximum Gasteiger partial charge on any atom is 0.122 e. The first-order valence-electron chi connectivity index (χ1n) is 3.98. The number of hydrogen-bond acceptors (Lipinski definition) is 3. The standard InChI is InChI=1S/C9H12N2S/c1-12-7-8-2-3-9-10-4-5-11(9)6-8/h2-6,9-10H,7H2,1H3. The summed E-state index contributed by atoms with van der Waals surface area (Å²) in [5.41, 5.74) is 1.38. The molecule has 3 heteroatoms. The predicted octanol–water partition coefficient (Wildman–Crippen LogP) is 1.51. The van der Waals surface area contributed by atoms with Gasteiger partial charge in [-0.2, -0.15) is 11.8 Å². The van der Waals surface area contributed by atoms with Gasteiger partial charge in [0.15, 0.2) is 0 Å². The maximum absolute atomic E-state index is 3.23. The van der Waals surface area contributed by atoms with Crippen LogP contribution in [0.1, 0.15) is 0 Å². The molecule has 2 rings (SSSR count). The lowest BCUT2D eigenvalue weighted by atomic mass is 10.2. The summed E-state index contributed by atoms with van der Waals surface area (Å²) in [4.78, 5) is 2.19. The Morgan fingerprint density at radius 1 is 1.67 bits per heavy atom. The molecule has 2 aliphatic rings. The quantitative estimate of drug-likeness (QED) is 0.693. The van der Waals surface area contributed by atoms with Gasteiger partial charge in [-0.05, 0) is 17.9 Å². The van der Waals surface area contributed by atoms with Crippen molar-refractivity contribution < 1.29 is 0 Å². The minimum atomic E-state index is 0.357. The van der Waals surface area contributed by atoms with E-state index >= 15 is 0 Å². The fourth-order valence-corrected chi connectivity index (χ4v) is 1.89. The van der Waals surface area contributed by atoms with Gasteiger partial charge >= 0.3 is 0 Å². The summed E-state index contributed by atoms with van der Waals surface area (Å²) >= 11 is 1.85. The Kier molecular flexibility index (Phi) is 2.13. The number of thioether (sulfide) groups is 1. The van der Waals surface area contributed by atoms with Crippen LogP contribution in [0.4, 0.5) is 0 Å². The lowest BCUT2D eigenvalue weighted by molar-refractivity contribution is 0.423. The number of hydrogen-bond donors (Lipinski definition) is 1. The van der Waals surface area contributed by atoms with Crippen molar-refractivity contribution in [2.75, 3.05) is 12.0 Å². The van der Waals surface area contributed by atoms with Crippen molar-refractivity contribution in [2.24, 2.45) is 0 Å². The van der Waals surface area contributed by atoms with Gasteiger partial charge in [0.25, 0.3) is 0 Å². The van der Waals surface area contributed by atoms with Crippen molar-refractivity contribution in [3.8, 4) is 0 Å². The second-order valence-corrected chi connectivity index (χ2v) is 3.74. The van der Waals surface area contributed by atoms with E-state index in [2.05, 4.69) is 41.0 Å². The summed E-state index contributed by atoms with van der Waals surface area (Å²) in [6.07, 6.45) is 13.1. The van der Waals surface area contributed by atoms with Crippen molar-refractivity contribution in [3.05, 3.63) is 36.3 Å². The number of allylic oxidation sites excluding steroid dienone is 1. The van der Waals surface area contributed by atoms with E-state index in [1.165, 1.54) is 5.57 Å². The molecule has 0 aromatic rings. The molecule has 0 aliphatic carbocycles. The molecule has 0 spiro atoms. The van der Waals surface area contributed by atoms with Crippen molar-refractivity contribution in [1.29, 1.82) is 0 Å². The van der Waals surface area contributed by atoms with Crippen molar-refractivity contribution in [3.63, 3.8) is 0 Å². The average molecular weight is 180 g/mol. The van der Waals surface area contributed by atoms with E-state index in [1.54, 1.807) is 0 Å². The Bertz CT molecular complexity index is 255. The number of fused-ring (bicyclic) bond motifs is 1. The molecule has 0 amide bonds. The largest absolute Gasteiger partial charge is 0.366 e. The number of nitrogens with one attached hydrogen (secondary N) is 1. The van der Waals surface area contributed by atoms with E-state index in [4.69, 9.17) is 0 Å². The summed E-state index contributed by atoms with van der Waals surface area (Å²) in [5, 5.41) is 3.23. The highest BCUT2D eigenvalue weighted by Gasteiger charge is 2.16. The lowest BCUT2D eigenvalue weighted by Gasteiger charge is -2.23. The van der Waals surface area contributed by atoms with Crippen molar-refractivity contribution in [1.82, 2.24) is 10.2 Å². The predicted molar refractivity (Wildman–Crippen MR) is 53.5 cm³/mol. The molecule has 1 atom stereocenters. The molecule has 0 bridgehead atoms. The second kappa shape index (κ2) is 3.27. The minimum Gasteiger partial charge on any atom is -0.366 e. The van der Waals surface area contributed by atoms with Crippen LogP contribution in [-0.2, 0) is 0 Å². The summed E-state index contributed by atoms with van der Waals surface area (Å²) in [5.74, 6) is 1.09. The van der Waals surface area contributed by atoms with E-state index in [1.807, 2.05) is 18.0 Å². The molecule has 1 N–H and O–H groups in total. The summed E-state index contributed by atoms with van der Waals surface area (Å²) < 4.78 is 0. The van der Waals surface area contributed by atoms with Gasteiger partial charge < -0.3 is 10.2 Å². The third-order valence-corrected chi connectivity index (χ3v) is 2.58. The molecule has 2 aliphatic heterocycles. The highest BCUT2D eigenvalue weighted by Crippen LogP contribution is 2.17. The van der Waals surface area contributed by atoms with Crippen LogP contribution in [-0.4, -0.2) is 23.1 Å². The van der Waals surface area contributed by atoms with Gasteiger partial charge in [0.2, 0.25) is 0 Å². The van der Waals surface area contributed by atoms with Gasteiger partial charge in [0.1, 0.15) is 6.17 Å². The molecule has 2 nitrogen and oxygen atoms in total.